The first kappa shape index (κ1) is 12.8. The van der Waals surface area contributed by atoms with Crippen LogP contribution >= 0.6 is 15.9 Å². The Morgan fingerprint density at radius 3 is 2.71 bits per heavy atom. The molecule has 1 aromatic rings. The van der Waals surface area contributed by atoms with Gasteiger partial charge in [-0.25, -0.2) is 0 Å². The highest BCUT2D eigenvalue weighted by Crippen LogP contribution is 2.10. The molecule has 0 aliphatic carbocycles. The minimum atomic E-state index is 0.134. The predicted octanol–water partition coefficient (Wildman–Crippen LogP) is 2.41. The zero-order valence-corrected chi connectivity index (χ0v) is 11.9. The largest absolute Gasteiger partial charge is 0.314 e. The van der Waals surface area contributed by atoms with Crippen molar-refractivity contribution < 1.29 is 0 Å². The first-order chi connectivity index (χ1) is 8.16. The molecule has 0 saturated carbocycles. The van der Waals surface area contributed by atoms with E-state index in [0.29, 0.717) is 0 Å². The van der Waals surface area contributed by atoms with Gasteiger partial charge in [-0.15, -0.1) is 0 Å². The first-order valence-electron chi connectivity index (χ1n) is 6.26. The molecule has 1 fully saturated rings. The summed E-state index contributed by atoms with van der Waals surface area (Å²) in [7, 11) is 0. The molecule has 1 aliphatic rings. The van der Waals surface area contributed by atoms with E-state index in [1.54, 1.807) is 0 Å². The minimum absolute atomic E-state index is 0.134. The maximum atomic E-state index is 11.9. The quantitative estimate of drug-likeness (QED) is 0.853. The Hall–Kier alpha value is -0.610. The molecule has 3 nitrogen and oxygen atoms in total. The van der Waals surface area contributed by atoms with E-state index in [1.807, 2.05) is 23.8 Å². The highest BCUT2D eigenvalue weighted by atomic mass is 79.9. The average molecular weight is 299 g/mol. The van der Waals surface area contributed by atoms with Crippen molar-refractivity contribution in [3.63, 3.8) is 0 Å². The van der Waals surface area contributed by atoms with Crippen LogP contribution in [0.1, 0.15) is 24.8 Å². The summed E-state index contributed by atoms with van der Waals surface area (Å²) in [6, 6.07) is 1.87. The van der Waals surface area contributed by atoms with Gasteiger partial charge in [0.1, 0.15) is 0 Å². The van der Waals surface area contributed by atoms with Gasteiger partial charge < -0.3 is 9.47 Å². The number of likely N-dealkylation sites (tertiary alicyclic amines) is 1. The lowest BCUT2D eigenvalue weighted by molar-refractivity contribution is 0.324. The predicted molar refractivity (Wildman–Crippen MR) is 73.4 cm³/mol. The van der Waals surface area contributed by atoms with E-state index in [2.05, 4.69) is 20.8 Å². The zero-order valence-electron chi connectivity index (χ0n) is 10.3. The zero-order chi connectivity index (χ0) is 12.3. The summed E-state index contributed by atoms with van der Waals surface area (Å²) in [4.78, 5) is 14.4. The van der Waals surface area contributed by atoms with Crippen molar-refractivity contribution >= 4 is 15.9 Å². The van der Waals surface area contributed by atoms with E-state index in [1.165, 1.54) is 25.9 Å². The monoisotopic (exact) mass is 298 g/mol. The molecule has 0 unspecified atom stereocenters. The van der Waals surface area contributed by atoms with Crippen LogP contribution in [0, 0.1) is 6.92 Å². The van der Waals surface area contributed by atoms with Gasteiger partial charge >= 0.3 is 0 Å². The second kappa shape index (κ2) is 5.83. The molecule has 0 radical (unpaired) electrons. The summed E-state index contributed by atoms with van der Waals surface area (Å²) in [5, 5.41) is 0. The Balaban J connectivity index is 1.92. The normalized spacial score (nSPS) is 16.6. The Morgan fingerprint density at radius 1 is 1.29 bits per heavy atom. The summed E-state index contributed by atoms with van der Waals surface area (Å²) in [6.45, 7) is 6.25. The van der Waals surface area contributed by atoms with E-state index >= 15 is 0 Å². The third-order valence-electron chi connectivity index (χ3n) is 3.30. The molecule has 4 heteroatoms. The SMILES string of the molecule is Cc1cc(Br)cn(CCCN2CCCC2)c1=O. The highest BCUT2D eigenvalue weighted by Gasteiger charge is 2.10. The number of hydrogen-bond acceptors (Lipinski definition) is 2. The van der Waals surface area contributed by atoms with Crippen molar-refractivity contribution in [3.05, 3.63) is 32.7 Å². The van der Waals surface area contributed by atoms with Gasteiger partial charge in [0.2, 0.25) is 0 Å². The average Bonchev–Trinajstić information content (AvgIpc) is 2.78. The number of hydrogen-bond donors (Lipinski definition) is 0. The number of nitrogens with zero attached hydrogens (tertiary/aromatic N) is 2. The second-order valence-corrected chi connectivity index (χ2v) is 5.66. The molecule has 0 amide bonds. The maximum absolute atomic E-state index is 11.9. The molecule has 94 valence electrons. The molecule has 0 bridgehead atoms. The molecule has 1 saturated heterocycles. The molecule has 2 heterocycles. The molecule has 0 N–H and O–H groups in total. The minimum Gasteiger partial charge on any atom is -0.314 e. The van der Waals surface area contributed by atoms with E-state index in [4.69, 9.17) is 0 Å². The van der Waals surface area contributed by atoms with Crippen molar-refractivity contribution in [3.8, 4) is 0 Å². The standard InChI is InChI=1S/C13H19BrN2O/c1-11-9-12(14)10-16(13(11)17)8-4-7-15-5-2-3-6-15/h9-10H,2-8H2,1H3. The fourth-order valence-electron chi connectivity index (χ4n) is 2.38. The number of halogens is 1. The lowest BCUT2D eigenvalue weighted by atomic mass is 10.3. The number of aryl methyl sites for hydroxylation is 2. The Kier molecular flexibility index (Phi) is 4.40. The number of aromatic nitrogens is 1. The van der Waals surface area contributed by atoms with Crippen LogP contribution in [0.5, 0.6) is 0 Å². The molecular formula is C13H19BrN2O. The summed E-state index contributed by atoms with van der Waals surface area (Å²) in [5.74, 6) is 0. The fourth-order valence-corrected chi connectivity index (χ4v) is 2.97. The Morgan fingerprint density at radius 2 is 2.00 bits per heavy atom. The molecule has 1 aliphatic heterocycles. The van der Waals surface area contributed by atoms with Crippen LogP contribution in [-0.4, -0.2) is 29.1 Å². The maximum Gasteiger partial charge on any atom is 0.253 e. The van der Waals surface area contributed by atoms with E-state index in [0.717, 1.165) is 29.5 Å². The molecule has 0 atom stereocenters. The van der Waals surface area contributed by atoms with Crippen LogP contribution in [0.4, 0.5) is 0 Å². The van der Waals surface area contributed by atoms with Crippen molar-refractivity contribution in [2.45, 2.75) is 32.7 Å². The molecule has 0 aromatic carbocycles. The van der Waals surface area contributed by atoms with Gasteiger partial charge in [-0.1, -0.05) is 0 Å². The van der Waals surface area contributed by atoms with E-state index in [9.17, 15) is 4.79 Å². The molecule has 2 rings (SSSR count). The van der Waals surface area contributed by atoms with Gasteiger partial charge in [-0.3, -0.25) is 4.79 Å². The van der Waals surface area contributed by atoms with Gasteiger partial charge in [0.15, 0.2) is 0 Å². The Bertz CT molecular complexity index is 436. The smallest absolute Gasteiger partial charge is 0.253 e. The Labute approximate surface area is 111 Å². The van der Waals surface area contributed by atoms with Gasteiger partial charge in [0.05, 0.1) is 0 Å². The topological polar surface area (TPSA) is 25.2 Å². The van der Waals surface area contributed by atoms with Crippen LogP contribution in [0.2, 0.25) is 0 Å². The lowest BCUT2D eigenvalue weighted by Gasteiger charge is -2.15. The summed E-state index contributed by atoms with van der Waals surface area (Å²) >= 11 is 3.44. The summed E-state index contributed by atoms with van der Waals surface area (Å²) < 4.78 is 2.80. The van der Waals surface area contributed by atoms with Gasteiger partial charge in [0, 0.05) is 22.8 Å². The highest BCUT2D eigenvalue weighted by molar-refractivity contribution is 9.10. The molecule has 17 heavy (non-hydrogen) atoms. The third-order valence-corrected chi connectivity index (χ3v) is 3.74. The summed E-state index contributed by atoms with van der Waals surface area (Å²) in [5.41, 5.74) is 0.940. The molecule has 0 spiro atoms. The molecule has 1 aromatic heterocycles. The van der Waals surface area contributed by atoms with Crippen molar-refractivity contribution in [2.24, 2.45) is 0 Å². The van der Waals surface area contributed by atoms with Crippen LogP contribution in [0.15, 0.2) is 21.5 Å². The van der Waals surface area contributed by atoms with Gasteiger partial charge in [0.25, 0.3) is 5.56 Å². The van der Waals surface area contributed by atoms with Crippen LogP contribution < -0.4 is 5.56 Å². The first-order valence-corrected chi connectivity index (χ1v) is 7.05. The van der Waals surface area contributed by atoms with Crippen LogP contribution in [0.25, 0.3) is 0 Å². The fraction of sp³-hybridized carbons (Fsp3) is 0.615. The van der Waals surface area contributed by atoms with Crippen LogP contribution in [0.3, 0.4) is 0 Å². The van der Waals surface area contributed by atoms with E-state index < -0.39 is 0 Å². The lowest BCUT2D eigenvalue weighted by Crippen LogP contribution is -2.25. The van der Waals surface area contributed by atoms with Crippen molar-refractivity contribution in [1.29, 1.82) is 0 Å². The second-order valence-electron chi connectivity index (χ2n) is 4.74. The van der Waals surface area contributed by atoms with Crippen molar-refractivity contribution in [2.75, 3.05) is 19.6 Å². The number of rotatable bonds is 4. The van der Waals surface area contributed by atoms with Gasteiger partial charge in [-0.05, 0) is 67.8 Å². The number of pyridine rings is 1. The van der Waals surface area contributed by atoms with E-state index in [-0.39, 0.29) is 5.56 Å². The summed E-state index contributed by atoms with van der Waals surface area (Å²) in [6.07, 6.45) is 5.60. The van der Waals surface area contributed by atoms with Crippen molar-refractivity contribution in [1.82, 2.24) is 9.47 Å². The van der Waals surface area contributed by atoms with Gasteiger partial charge in [-0.2, -0.15) is 0 Å². The third kappa shape index (κ3) is 3.42. The van der Waals surface area contributed by atoms with Crippen LogP contribution in [-0.2, 0) is 6.54 Å². The molecular weight excluding hydrogens is 280 g/mol.